The Balaban J connectivity index is 1.28. The fourth-order valence-electron chi connectivity index (χ4n) is 3.57. The normalized spacial score (nSPS) is 14.7. The molecule has 3 aromatic rings. The van der Waals surface area contributed by atoms with Gasteiger partial charge >= 0.3 is 5.97 Å². The zero-order chi connectivity index (χ0) is 23.5. The van der Waals surface area contributed by atoms with Gasteiger partial charge in [-0.2, -0.15) is 5.26 Å². The van der Waals surface area contributed by atoms with E-state index < -0.39 is 0 Å². The summed E-state index contributed by atoms with van der Waals surface area (Å²) in [4.78, 5) is 19.3. The Hall–Kier alpha value is -4.12. The molecule has 0 unspecified atom stereocenters. The van der Waals surface area contributed by atoms with Gasteiger partial charge in [-0.05, 0) is 55.4 Å². The monoisotopic (exact) mass is 456 g/mol. The molecule has 2 saturated carbocycles. The van der Waals surface area contributed by atoms with E-state index in [9.17, 15) is 10.1 Å². The van der Waals surface area contributed by atoms with Crippen molar-refractivity contribution in [2.24, 2.45) is 0 Å². The summed E-state index contributed by atoms with van der Waals surface area (Å²) in [6.45, 7) is 1.36. The number of hydrogen-bond acceptors (Lipinski definition) is 8. The molecule has 1 heterocycles. The highest BCUT2D eigenvalue weighted by atomic mass is 16.5. The van der Waals surface area contributed by atoms with Gasteiger partial charge in [0, 0.05) is 36.5 Å². The van der Waals surface area contributed by atoms with E-state index in [0.29, 0.717) is 28.9 Å². The van der Waals surface area contributed by atoms with Crippen molar-refractivity contribution in [1.29, 1.82) is 5.26 Å². The Bertz CT molecular complexity index is 1230. The van der Waals surface area contributed by atoms with E-state index in [-0.39, 0.29) is 18.8 Å². The third-order valence-electron chi connectivity index (χ3n) is 5.62. The summed E-state index contributed by atoms with van der Waals surface area (Å²) in [7, 11) is 0. The highest BCUT2D eigenvalue weighted by Gasteiger charge is 2.32. The van der Waals surface area contributed by atoms with E-state index in [4.69, 9.17) is 14.2 Å². The lowest BCUT2D eigenvalue weighted by molar-refractivity contribution is -0.140. The van der Waals surface area contributed by atoms with E-state index in [0.717, 1.165) is 48.1 Å². The molecule has 2 aliphatic carbocycles. The van der Waals surface area contributed by atoms with Crippen molar-refractivity contribution in [3.63, 3.8) is 0 Å². The number of rotatable bonds is 9. The average Bonchev–Trinajstić information content (AvgIpc) is 3.75. The molecular weight excluding hydrogens is 432 g/mol. The predicted molar refractivity (Wildman–Crippen MR) is 125 cm³/mol. The lowest BCUT2D eigenvalue weighted by Crippen LogP contribution is -2.11. The van der Waals surface area contributed by atoms with Crippen molar-refractivity contribution >= 4 is 11.9 Å². The Kier molecular flexibility index (Phi) is 6.00. The van der Waals surface area contributed by atoms with E-state index in [1.165, 1.54) is 6.92 Å². The van der Waals surface area contributed by atoms with Crippen LogP contribution in [-0.4, -0.2) is 28.8 Å². The molecule has 34 heavy (non-hydrogen) atoms. The van der Waals surface area contributed by atoms with Crippen LogP contribution in [-0.2, 0) is 9.53 Å². The zero-order valence-corrected chi connectivity index (χ0v) is 18.8. The molecule has 172 valence electrons. The largest absolute Gasteiger partial charge is 0.489 e. The van der Waals surface area contributed by atoms with Crippen LogP contribution in [0.5, 0.6) is 17.2 Å². The minimum absolute atomic E-state index is 0.0182. The second-order valence-electron chi connectivity index (χ2n) is 8.47. The first-order chi connectivity index (χ1) is 16.6. The third-order valence-corrected chi connectivity index (χ3v) is 5.62. The molecule has 0 saturated heterocycles. The van der Waals surface area contributed by atoms with E-state index in [1.807, 2.05) is 30.3 Å². The Morgan fingerprint density at radius 3 is 2.41 bits per heavy atom. The van der Waals surface area contributed by atoms with E-state index >= 15 is 0 Å². The maximum atomic E-state index is 10.8. The van der Waals surface area contributed by atoms with Crippen molar-refractivity contribution in [2.75, 3.05) is 12.0 Å². The number of nitrogens with zero attached hydrogens (tertiary/aromatic N) is 3. The van der Waals surface area contributed by atoms with Crippen molar-refractivity contribution in [3.8, 4) is 34.4 Å². The molecule has 0 amide bonds. The van der Waals surface area contributed by atoms with Crippen molar-refractivity contribution in [1.82, 2.24) is 9.97 Å². The number of benzene rings is 2. The first-order valence-corrected chi connectivity index (χ1v) is 11.3. The van der Waals surface area contributed by atoms with Crippen molar-refractivity contribution in [3.05, 3.63) is 59.9 Å². The van der Waals surface area contributed by atoms with Gasteiger partial charge in [0.15, 0.2) is 6.73 Å². The van der Waals surface area contributed by atoms with Gasteiger partial charge in [-0.25, -0.2) is 9.97 Å². The standard InChI is InChI=1S/C26H24N4O4/c1-16(31)32-15-30-26-28-13-20(14-29-26)17-4-6-21(7-5-17)33-23-10-19(12-27)25(34-22-8-9-22)24(11-23)18-2-3-18/h4-7,10-11,13-14,18,22H,2-3,8-9,15H2,1H3,(H,28,29,30). The van der Waals surface area contributed by atoms with Crippen molar-refractivity contribution < 1.29 is 19.0 Å². The van der Waals surface area contributed by atoms with Gasteiger partial charge in [-0.3, -0.25) is 4.79 Å². The summed E-state index contributed by atoms with van der Waals surface area (Å²) in [5.74, 6) is 2.49. The van der Waals surface area contributed by atoms with Crippen LogP contribution >= 0.6 is 0 Å². The average molecular weight is 457 g/mol. The Labute approximate surface area is 197 Å². The topological polar surface area (TPSA) is 106 Å². The number of aromatic nitrogens is 2. The highest BCUT2D eigenvalue weighted by molar-refractivity contribution is 5.66. The second-order valence-corrected chi connectivity index (χ2v) is 8.47. The molecule has 0 spiro atoms. The minimum Gasteiger partial charge on any atom is -0.489 e. The van der Waals surface area contributed by atoms with Gasteiger partial charge < -0.3 is 19.5 Å². The van der Waals surface area contributed by atoms with Gasteiger partial charge in [0.2, 0.25) is 5.95 Å². The number of hydrogen-bond donors (Lipinski definition) is 1. The minimum atomic E-state index is -0.374. The first-order valence-electron chi connectivity index (χ1n) is 11.3. The molecule has 0 bridgehead atoms. The molecule has 5 rings (SSSR count). The summed E-state index contributed by atoms with van der Waals surface area (Å²) in [6, 6.07) is 13.7. The predicted octanol–water partition coefficient (Wildman–Crippen LogP) is 5.16. The fourth-order valence-corrected chi connectivity index (χ4v) is 3.57. The number of ether oxygens (including phenoxy) is 3. The quantitative estimate of drug-likeness (QED) is 0.348. The van der Waals surface area contributed by atoms with Crippen LogP contribution in [0.3, 0.4) is 0 Å². The second kappa shape index (κ2) is 9.40. The Morgan fingerprint density at radius 2 is 1.79 bits per heavy atom. The lowest BCUT2D eigenvalue weighted by Gasteiger charge is -2.15. The smallest absolute Gasteiger partial charge is 0.304 e. The van der Waals surface area contributed by atoms with Gasteiger partial charge in [-0.1, -0.05) is 12.1 Å². The van der Waals surface area contributed by atoms with Crippen LogP contribution in [0, 0.1) is 11.3 Å². The molecular formula is C26H24N4O4. The van der Waals surface area contributed by atoms with E-state index in [2.05, 4.69) is 21.4 Å². The summed E-state index contributed by atoms with van der Waals surface area (Å²) < 4.78 is 17.0. The Morgan fingerprint density at radius 1 is 1.06 bits per heavy atom. The first kappa shape index (κ1) is 21.7. The van der Waals surface area contributed by atoms with Crippen LogP contribution in [0.2, 0.25) is 0 Å². The van der Waals surface area contributed by atoms with Crippen LogP contribution in [0.4, 0.5) is 5.95 Å². The lowest BCUT2D eigenvalue weighted by atomic mass is 10.0. The van der Waals surface area contributed by atoms with Gasteiger partial charge in [0.05, 0.1) is 11.7 Å². The molecule has 8 nitrogen and oxygen atoms in total. The molecule has 0 aliphatic heterocycles. The summed E-state index contributed by atoms with van der Waals surface area (Å²) in [5, 5.41) is 12.5. The number of carbonyl (C=O) groups is 1. The molecule has 1 aromatic heterocycles. The van der Waals surface area contributed by atoms with Crippen LogP contribution in [0.1, 0.15) is 49.7 Å². The number of nitrogens with one attached hydrogen (secondary N) is 1. The molecule has 8 heteroatoms. The molecule has 2 fully saturated rings. The van der Waals surface area contributed by atoms with Crippen LogP contribution < -0.4 is 14.8 Å². The fraction of sp³-hybridized carbons (Fsp3) is 0.308. The highest BCUT2D eigenvalue weighted by Crippen LogP contribution is 2.48. The molecule has 0 atom stereocenters. The molecule has 2 aromatic carbocycles. The SMILES string of the molecule is CC(=O)OCNc1ncc(-c2ccc(Oc3cc(C#N)c(OC4CC4)c(C4CC4)c3)cc2)cn1. The zero-order valence-electron chi connectivity index (χ0n) is 18.8. The third kappa shape index (κ3) is 5.26. The maximum Gasteiger partial charge on any atom is 0.304 e. The molecule has 0 radical (unpaired) electrons. The van der Waals surface area contributed by atoms with Gasteiger partial charge in [-0.15, -0.1) is 0 Å². The number of nitriles is 1. The number of esters is 1. The summed E-state index contributed by atoms with van der Waals surface area (Å²) >= 11 is 0. The molecule has 1 N–H and O–H groups in total. The van der Waals surface area contributed by atoms with Crippen LogP contribution in [0.25, 0.3) is 11.1 Å². The maximum absolute atomic E-state index is 10.8. The summed E-state index contributed by atoms with van der Waals surface area (Å²) in [6.07, 6.45) is 7.97. The van der Waals surface area contributed by atoms with E-state index in [1.54, 1.807) is 18.5 Å². The van der Waals surface area contributed by atoms with Crippen molar-refractivity contribution in [2.45, 2.75) is 44.6 Å². The van der Waals surface area contributed by atoms with Gasteiger partial charge in [0.25, 0.3) is 0 Å². The number of carbonyl (C=O) groups excluding carboxylic acids is 1. The van der Waals surface area contributed by atoms with Crippen LogP contribution in [0.15, 0.2) is 48.8 Å². The van der Waals surface area contributed by atoms with Gasteiger partial charge in [0.1, 0.15) is 23.3 Å². The molecule has 2 aliphatic rings. The number of anilines is 1. The summed E-state index contributed by atoms with van der Waals surface area (Å²) in [5.41, 5.74) is 3.39.